The maximum atomic E-state index is 11.8. The molecule has 1 aliphatic heterocycles. The van der Waals surface area contributed by atoms with Crippen LogP contribution in [0.15, 0.2) is 24.3 Å². The van der Waals surface area contributed by atoms with Gasteiger partial charge in [-0.1, -0.05) is 18.2 Å². The largest absolute Gasteiger partial charge is 0.340 e. The molecule has 0 fully saturated rings. The highest BCUT2D eigenvalue weighted by atomic mass is 16.7. The lowest BCUT2D eigenvalue weighted by molar-refractivity contribution is -0.154. The third-order valence-electron chi connectivity index (χ3n) is 2.65. The summed E-state index contributed by atoms with van der Waals surface area (Å²) in [6, 6.07) is 8.02. The number of fused-ring (bicyclic) bond motifs is 1. The van der Waals surface area contributed by atoms with Crippen LogP contribution in [0.1, 0.15) is 26.3 Å². The van der Waals surface area contributed by atoms with Crippen LogP contribution < -0.4 is 5.06 Å². The van der Waals surface area contributed by atoms with Crippen molar-refractivity contribution < 1.29 is 9.63 Å². The monoisotopic (exact) mass is 219 g/mol. The van der Waals surface area contributed by atoms with Crippen LogP contribution >= 0.6 is 0 Å². The van der Waals surface area contributed by atoms with E-state index in [0.29, 0.717) is 0 Å². The minimum absolute atomic E-state index is 0.191. The number of anilines is 1. The van der Waals surface area contributed by atoms with Gasteiger partial charge >= 0.3 is 5.97 Å². The van der Waals surface area contributed by atoms with Crippen LogP contribution in [-0.4, -0.2) is 12.5 Å². The van der Waals surface area contributed by atoms with Gasteiger partial charge in [0.1, 0.15) is 0 Å². The molecule has 0 amide bonds. The first kappa shape index (κ1) is 11.0. The Bertz CT molecular complexity index is 407. The average molecular weight is 219 g/mol. The number of rotatable bonds is 1. The molecule has 1 heterocycles. The van der Waals surface area contributed by atoms with Crippen molar-refractivity contribution in [3.63, 3.8) is 0 Å². The number of hydroxylamine groups is 1. The van der Waals surface area contributed by atoms with Crippen molar-refractivity contribution in [2.24, 2.45) is 5.41 Å². The summed E-state index contributed by atoms with van der Waals surface area (Å²) in [6.45, 7) is 6.33. The minimum atomic E-state index is -0.461. The standard InChI is InChI=1S/C13H17NO2/c1-13(2,3)12(15)16-14-9-8-10-6-4-5-7-11(10)14/h4-7H,8-9H2,1-3H3. The fourth-order valence-corrected chi connectivity index (χ4v) is 1.64. The van der Waals surface area contributed by atoms with E-state index in [2.05, 4.69) is 6.07 Å². The Kier molecular flexibility index (Phi) is 2.62. The molecule has 16 heavy (non-hydrogen) atoms. The highest BCUT2D eigenvalue weighted by Gasteiger charge is 2.28. The second kappa shape index (κ2) is 3.81. The zero-order chi connectivity index (χ0) is 11.8. The molecule has 0 N–H and O–H groups in total. The molecule has 0 bridgehead atoms. The Labute approximate surface area is 96.0 Å². The first-order valence-corrected chi connectivity index (χ1v) is 5.56. The quantitative estimate of drug-likeness (QED) is 0.727. The van der Waals surface area contributed by atoms with Gasteiger partial charge in [-0.2, -0.15) is 0 Å². The summed E-state index contributed by atoms with van der Waals surface area (Å²) in [5.41, 5.74) is 1.79. The van der Waals surface area contributed by atoms with Crippen LogP contribution in [0.25, 0.3) is 0 Å². The van der Waals surface area contributed by atoms with Crippen LogP contribution in [-0.2, 0) is 16.1 Å². The summed E-state index contributed by atoms with van der Waals surface area (Å²) in [6.07, 6.45) is 0.938. The van der Waals surface area contributed by atoms with Gasteiger partial charge in [-0.25, -0.2) is 9.86 Å². The van der Waals surface area contributed by atoms with E-state index >= 15 is 0 Å². The Balaban J connectivity index is 2.12. The van der Waals surface area contributed by atoms with Gasteiger partial charge in [0.2, 0.25) is 0 Å². The molecule has 0 atom stereocenters. The van der Waals surface area contributed by atoms with Gasteiger partial charge in [0, 0.05) is 0 Å². The Morgan fingerprint density at radius 2 is 2.00 bits per heavy atom. The molecular weight excluding hydrogens is 202 g/mol. The Morgan fingerprint density at radius 1 is 1.31 bits per heavy atom. The van der Waals surface area contributed by atoms with Crippen LogP contribution in [0.2, 0.25) is 0 Å². The molecule has 0 aromatic heterocycles. The zero-order valence-corrected chi connectivity index (χ0v) is 9.99. The van der Waals surface area contributed by atoms with Gasteiger partial charge in [-0.3, -0.25) is 0 Å². The molecule has 1 aromatic rings. The molecule has 0 saturated heterocycles. The van der Waals surface area contributed by atoms with Crippen molar-refractivity contribution in [2.45, 2.75) is 27.2 Å². The summed E-state index contributed by atoms with van der Waals surface area (Å²) in [5.74, 6) is -0.191. The van der Waals surface area contributed by atoms with Crippen LogP contribution in [0.5, 0.6) is 0 Å². The van der Waals surface area contributed by atoms with Gasteiger partial charge in [0.25, 0.3) is 0 Å². The van der Waals surface area contributed by atoms with E-state index in [1.807, 2.05) is 39.0 Å². The molecule has 0 spiro atoms. The van der Waals surface area contributed by atoms with E-state index in [-0.39, 0.29) is 5.97 Å². The lowest BCUT2D eigenvalue weighted by atomic mass is 9.98. The molecule has 0 aliphatic carbocycles. The number of carbonyl (C=O) groups is 1. The fraction of sp³-hybridized carbons (Fsp3) is 0.462. The van der Waals surface area contributed by atoms with E-state index < -0.39 is 5.41 Å². The third kappa shape index (κ3) is 2.03. The second-order valence-electron chi connectivity index (χ2n) is 5.11. The van der Waals surface area contributed by atoms with Crippen LogP contribution in [0.4, 0.5) is 5.69 Å². The smallest absolute Gasteiger partial charge is 0.337 e. The van der Waals surface area contributed by atoms with Crippen molar-refractivity contribution >= 4 is 11.7 Å². The predicted molar refractivity (Wildman–Crippen MR) is 63.0 cm³/mol. The highest BCUT2D eigenvalue weighted by molar-refractivity contribution is 5.77. The molecule has 3 nitrogen and oxygen atoms in total. The average Bonchev–Trinajstić information content (AvgIpc) is 2.61. The second-order valence-corrected chi connectivity index (χ2v) is 5.11. The number of benzene rings is 1. The molecular formula is C13H17NO2. The summed E-state index contributed by atoms with van der Waals surface area (Å²) in [7, 11) is 0. The first-order chi connectivity index (χ1) is 7.48. The van der Waals surface area contributed by atoms with Crippen molar-refractivity contribution in [3.05, 3.63) is 29.8 Å². The van der Waals surface area contributed by atoms with E-state index in [9.17, 15) is 4.79 Å². The molecule has 1 aliphatic rings. The lowest BCUT2D eigenvalue weighted by Gasteiger charge is -2.23. The van der Waals surface area contributed by atoms with Crippen LogP contribution in [0, 0.1) is 5.41 Å². The van der Waals surface area contributed by atoms with E-state index in [4.69, 9.17) is 4.84 Å². The molecule has 1 aromatic carbocycles. The van der Waals surface area contributed by atoms with Crippen molar-refractivity contribution in [2.75, 3.05) is 11.6 Å². The molecule has 0 radical (unpaired) electrons. The Morgan fingerprint density at radius 3 is 2.69 bits per heavy atom. The number of para-hydroxylation sites is 1. The molecule has 0 unspecified atom stereocenters. The number of hydrogen-bond donors (Lipinski definition) is 0. The zero-order valence-electron chi connectivity index (χ0n) is 9.99. The number of hydrogen-bond acceptors (Lipinski definition) is 3. The van der Waals surface area contributed by atoms with E-state index in [1.54, 1.807) is 5.06 Å². The summed E-state index contributed by atoms with van der Waals surface area (Å²) in [5, 5.41) is 1.70. The van der Waals surface area contributed by atoms with Crippen molar-refractivity contribution in [1.82, 2.24) is 0 Å². The SMILES string of the molecule is CC(C)(C)C(=O)ON1CCc2ccccc21. The summed E-state index contributed by atoms with van der Waals surface area (Å²) in [4.78, 5) is 17.2. The molecule has 86 valence electrons. The van der Waals surface area contributed by atoms with E-state index in [1.165, 1.54) is 5.56 Å². The molecule has 2 rings (SSSR count). The third-order valence-corrected chi connectivity index (χ3v) is 2.65. The van der Waals surface area contributed by atoms with E-state index in [0.717, 1.165) is 18.7 Å². The van der Waals surface area contributed by atoms with Gasteiger partial charge in [0.15, 0.2) is 0 Å². The van der Waals surface area contributed by atoms with Gasteiger partial charge in [-0.05, 0) is 38.8 Å². The number of nitrogens with zero attached hydrogens (tertiary/aromatic N) is 1. The fourth-order valence-electron chi connectivity index (χ4n) is 1.64. The van der Waals surface area contributed by atoms with Crippen molar-refractivity contribution in [1.29, 1.82) is 0 Å². The maximum Gasteiger partial charge on any atom is 0.337 e. The predicted octanol–water partition coefficient (Wildman–Crippen LogP) is 2.55. The van der Waals surface area contributed by atoms with Gasteiger partial charge in [-0.15, -0.1) is 0 Å². The maximum absolute atomic E-state index is 11.8. The first-order valence-electron chi connectivity index (χ1n) is 5.56. The summed E-state index contributed by atoms with van der Waals surface area (Å²) >= 11 is 0. The van der Waals surface area contributed by atoms with Gasteiger partial charge < -0.3 is 4.84 Å². The molecule has 0 saturated carbocycles. The molecule has 3 heteroatoms. The highest BCUT2D eigenvalue weighted by Crippen LogP contribution is 2.29. The Hall–Kier alpha value is -1.51. The topological polar surface area (TPSA) is 29.5 Å². The summed E-state index contributed by atoms with van der Waals surface area (Å²) < 4.78 is 0. The normalized spacial score (nSPS) is 14.8. The van der Waals surface area contributed by atoms with Gasteiger partial charge in [0.05, 0.1) is 17.6 Å². The number of carbonyl (C=O) groups excluding carboxylic acids is 1. The lowest BCUT2D eigenvalue weighted by Crippen LogP contribution is -2.32. The minimum Gasteiger partial charge on any atom is -0.340 e. The van der Waals surface area contributed by atoms with Crippen LogP contribution in [0.3, 0.4) is 0 Å². The van der Waals surface area contributed by atoms with Crippen molar-refractivity contribution in [3.8, 4) is 0 Å².